The van der Waals surface area contributed by atoms with Crippen LogP contribution in [-0.4, -0.2) is 6.71 Å². The van der Waals surface area contributed by atoms with Crippen molar-refractivity contribution in [1.29, 1.82) is 0 Å². The Morgan fingerprint density at radius 2 is 0.905 bits per heavy atom. The van der Waals surface area contributed by atoms with Crippen LogP contribution in [0.1, 0.15) is 188 Å². The molecule has 2 atom stereocenters. The minimum Gasteiger partial charge on any atom is -0.310 e. The van der Waals surface area contributed by atoms with Crippen molar-refractivity contribution in [2.45, 2.75) is 154 Å². The van der Waals surface area contributed by atoms with Crippen molar-refractivity contribution in [2.24, 2.45) is 0 Å². The summed E-state index contributed by atoms with van der Waals surface area (Å²) in [5.41, 5.74) is 28.1. The second-order valence-corrected chi connectivity index (χ2v) is 27.6. The topological polar surface area (TPSA) is 3.24 Å². The average molecular weight is 966 g/mol. The smallest absolute Gasteiger partial charge is 0.242 e. The SMILES string of the molecule is CC(C)(C)c1ccc(C2c3cc(N(c4ccccc4)c4ccccc4)ccc3B3c4cc5c(cc4C(c4ccc6c(c4)C(C)(C)CC6(C)C)c4cc(C(C)(C)C)cc2c43)C(C)(C)CC5(C)C)c(-c2ccccc2)c1. The predicted octanol–water partition coefficient (Wildman–Crippen LogP) is 16.8. The van der Waals surface area contributed by atoms with Gasteiger partial charge in [-0.05, 0) is 160 Å². The van der Waals surface area contributed by atoms with Gasteiger partial charge in [0.25, 0.3) is 0 Å². The van der Waals surface area contributed by atoms with Crippen molar-refractivity contribution in [3.63, 3.8) is 0 Å². The van der Waals surface area contributed by atoms with Gasteiger partial charge in [0.1, 0.15) is 0 Å². The van der Waals surface area contributed by atoms with E-state index in [1.54, 1.807) is 0 Å². The molecule has 0 amide bonds. The maximum absolute atomic E-state index is 2.73. The van der Waals surface area contributed by atoms with Gasteiger partial charge in [-0.25, -0.2) is 0 Å². The molecule has 0 saturated carbocycles. The molecular formula is C72H76BN. The highest BCUT2D eigenvalue weighted by molar-refractivity contribution is 6.97. The maximum atomic E-state index is 2.73. The van der Waals surface area contributed by atoms with Crippen molar-refractivity contribution in [2.75, 3.05) is 4.90 Å². The van der Waals surface area contributed by atoms with Crippen LogP contribution >= 0.6 is 0 Å². The number of hydrogen-bond donors (Lipinski definition) is 0. The number of rotatable bonds is 6. The highest BCUT2D eigenvalue weighted by atomic mass is 15.1. The first-order chi connectivity index (χ1) is 34.9. The van der Waals surface area contributed by atoms with Crippen LogP contribution in [0.4, 0.5) is 17.1 Å². The van der Waals surface area contributed by atoms with Gasteiger partial charge in [-0.15, -0.1) is 0 Å². The summed E-state index contributed by atoms with van der Waals surface area (Å²) in [6.45, 7) is 34.3. The molecule has 4 aliphatic rings. The van der Waals surface area contributed by atoms with Gasteiger partial charge in [0.15, 0.2) is 0 Å². The molecule has 2 heterocycles. The molecule has 2 aliphatic heterocycles. The van der Waals surface area contributed by atoms with E-state index in [2.05, 4.69) is 272 Å². The van der Waals surface area contributed by atoms with Gasteiger partial charge in [0.2, 0.25) is 6.71 Å². The lowest BCUT2D eigenvalue weighted by Gasteiger charge is -2.44. The van der Waals surface area contributed by atoms with E-state index in [0.717, 1.165) is 24.2 Å². The molecule has 2 aliphatic carbocycles. The maximum Gasteiger partial charge on any atom is 0.242 e. The van der Waals surface area contributed by atoms with Crippen molar-refractivity contribution in [3.8, 4) is 11.1 Å². The highest BCUT2D eigenvalue weighted by Crippen LogP contribution is 2.54. The van der Waals surface area contributed by atoms with Crippen LogP contribution in [0, 0.1) is 0 Å². The quantitative estimate of drug-likeness (QED) is 0.150. The van der Waals surface area contributed by atoms with Crippen LogP contribution in [0.15, 0.2) is 170 Å². The number of anilines is 3. The molecule has 0 aromatic heterocycles. The standard InChI is InChI=1S/C72H76BN/c1-67(2,3)47-31-33-52(53(37-47)45-24-18-15-19-25-45)65-54-40-51(74(49-26-20-16-21-27-49)50-28-22-17-23-29-50)32-35-62(54)73-63-42-61-60(71(11,12)44-72(61,13)14)41-55(63)64(56-38-48(68(4,5)6)39-57(65)66(56)73)46-30-34-58-59(36-46)70(9,10)43-69(58,7)8/h15-42,64-65H,43-44H2,1-14H3. The van der Waals surface area contributed by atoms with Gasteiger partial charge in [-0.2, -0.15) is 0 Å². The molecule has 1 nitrogen and oxygen atoms in total. The zero-order valence-electron chi connectivity index (χ0n) is 46.8. The van der Waals surface area contributed by atoms with E-state index in [0.29, 0.717) is 0 Å². The van der Waals surface area contributed by atoms with Crippen LogP contribution in [0.3, 0.4) is 0 Å². The Labute approximate surface area is 444 Å². The van der Waals surface area contributed by atoms with Crippen molar-refractivity contribution >= 4 is 40.2 Å². The van der Waals surface area contributed by atoms with Crippen LogP contribution < -0.4 is 21.3 Å². The van der Waals surface area contributed by atoms with E-state index < -0.39 is 0 Å². The minimum atomic E-state index is -0.109. The number of benzene rings is 8. The van der Waals surface area contributed by atoms with Gasteiger partial charge in [-0.3, -0.25) is 0 Å². The molecule has 0 fully saturated rings. The fraction of sp³-hybridized carbons (Fsp3) is 0.333. The van der Waals surface area contributed by atoms with Gasteiger partial charge >= 0.3 is 0 Å². The van der Waals surface area contributed by atoms with Crippen LogP contribution in [-0.2, 0) is 32.5 Å². The second-order valence-electron chi connectivity index (χ2n) is 27.6. The van der Waals surface area contributed by atoms with Crippen molar-refractivity contribution < 1.29 is 0 Å². The largest absolute Gasteiger partial charge is 0.310 e. The lowest BCUT2D eigenvalue weighted by Crippen LogP contribution is -2.63. The summed E-state index contributed by atoms with van der Waals surface area (Å²) in [6, 6.07) is 66.8. The van der Waals surface area contributed by atoms with E-state index in [9.17, 15) is 0 Å². The van der Waals surface area contributed by atoms with E-state index in [4.69, 9.17) is 0 Å². The Bertz CT molecular complexity index is 3480. The number of nitrogens with zero attached hydrogens (tertiary/aromatic N) is 1. The zero-order chi connectivity index (χ0) is 52.1. The molecule has 372 valence electrons. The fourth-order valence-corrected chi connectivity index (χ4v) is 15.1. The Morgan fingerprint density at radius 1 is 0.392 bits per heavy atom. The van der Waals surface area contributed by atoms with Gasteiger partial charge in [0, 0.05) is 28.9 Å². The Hall–Kier alpha value is -6.38. The molecule has 74 heavy (non-hydrogen) atoms. The van der Waals surface area contributed by atoms with Crippen molar-refractivity contribution in [1.82, 2.24) is 0 Å². The van der Waals surface area contributed by atoms with Gasteiger partial charge in [-0.1, -0.05) is 247 Å². The van der Waals surface area contributed by atoms with E-state index in [1.807, 2.05) is 0 Å². The Morgan fingerprint density at radius 3 is 1.49 bits per heavy atom. The first-order valence-electron chi connectivity index (χ1n) is 27.7. The molecular weight excluding hydrogens is 890 g/mol. The summed E-state index contributed by atoms with van der Waals surface area (Å²) in [4.78, 5) is 2.46. The third-order valence-corrected chi connectivity index (χ3v) is 18.2. The molecule has 8 aromatic carbocycles. The van der Waals surface area contributed by atoms with Gasteiger partial charge in [0.05, 0.1) is 0 Å². The number of hydrogen-bond acceptors (Lipinski definition) is 1. The van der Waals surface area contributed by atoms with E-state index in [-0.39, 0.29) is 51.0 Å². The molecule has 2 heteroatoms. The molecule has 12 rings (SSSR count). The van der Waals surface area contributed by atoms with Crippen molar-refractivity contribution in [3.05, 3.63) is 237 Å². The summed E-state index contributed by atoms with van der Waals surface area (Å²) in [6.07, 6.45) is 2.28. The normalized spacial score (nSPS) is 19.2. The Balaban J connectivity index is 1.23. The molecule has 8 aromatic rings. The Kier molecular flexibility index (Phi) is 10.9. The molecule has 2 unspecified atom stereocenters. The lowest BCUT2D eigenvalue weighted by atomic mass is 9.28. The minimum absolute atomic E-state index is 0.0266. The average Bonchev–Trinajstić information content (AvgIpc) is 3.66. The molecule has 0 bridgehead atoms. The van der Waals surface area contributed by atoms with E-state index in [1.165, 1.54) is 100.0 Å². The number of fused-ring (bicyclic) bond motifs is 6. The fourth-order valence-electron chi connectivity index (χ4n) is 15.1. The van der Waals surface area contributed by atoms with E-state index >= 15 is 0 Å². The highest BCUT2D eigenvalue weighted by Gasteiger charge is 2.50. The third-order valence-electron chi connectivity index (χ3n) is 18.2. The molecule has 0 saturated heterocycles. The van der Waals surface area contributed by atoms with Crippen LogP contribution in [0.25, 0.3) is 11.1 Å². The molecule has 0 spiro atoms. The molecule has 0 N–H and O–H groups in total. The second kappa shape index (κ2) is 16.6. The zero-order valence-corrected chi connectivity index (χ0v) is 46.8. The molecule has 0 radical (unpaired) electrons. The summed E-state index contributed by atoms with van der Waals surface area (Å²) in [5.74, 6) is 0.0125. The summed E-state index contributed by atoms with van der Waals surface area (Å²) >= 11 is 0. The number of para-hydroxylation sites is 2. The van der Waals surface area contributed by atoms with Gasteiger partial charge < -0.3 is 4.90 Å². The van der Waals surface area contributed by atoms with Crippen LogP contribution in [0.2, 0.25) is 0 Å². The predicted molar refractivity (Wildman–Crippen MR) is 318 cm³/mol. The lowest BCUT2D eigenvalue weighted by molar-refractivity contribution is 0.403. The summed E-state index contributed by atoms with van der Waals surface area (Å²) in [5, 5.41) is 0. The first kappa shape index (κ1) is 48.6. The first-order valence-corrected chi connectivity index (χ1v) is 27.7. The summed E-state index contributed by atoms with van der Waals surface area (Å²) in [7, 11) is 0. The van der Waals surface area contributed by atoms with Crippen LogP contribution in [0.5, 0.6) is 0 Å². The third kappa shape index (κ3) is 7.70. The monoisotopic (exact) mass is 966 g/mol. The summed E-state index contributed by atoms with van der Waals surface area (Å²) < 4.78 is 0.